The third-order valence-electron chi connectivity index (χ3n) is 3.56. The Balaban J connectivity index is 2.66. The third-order valence-corrected chi connectivity index (χ3v) is 3.56. The molecule has 94 valence electrons. The molecule has 4 heteroatoms. The Hall–Kier alpha value is -2.62. The van der Waals surface area contributed by atoms with Gasteiger partial charge in [0.25, 0.3) is 0 Å². The molecular weight excluding hydrogens is 240 g/mol. The van der Waals surface area contributed by atoms with Crippen molar-refractivity contribution in [3.63, 3.8) is 0 Å². The Kier molecular flexibility index (Phi) is 2.22. The highest BCUT2D eigenvalue weighted by Crippen LogP contribution is 2.34. The van der Waals surface area contributed by atoms with Crippen molar-refractivity contribution >= 4 is 33.4 Å². The second-order valence-corrected chi connectivity index (χ2v) is 4.66. The van der Waals surface area contributed by atoms with Crippen LogP contribution >= 0.6 is 0 Å². The van der Waals surface area contributed by atoms with Crippen LogP contribution < -0.4 is 11.5 Å². The van der Waals surface area contributed by atoms with E-state index >= 15 is 0 Å². The quantitative estimate of drug-likeness (QED) is 0.730. The number of fused-ring (bicyclic) bond motifs is 6. The average molecular weight is 252 g/mol. The van der Waals surface area contributed by atoms with E-state index in [4.69, 9.17) is 11.5 Å². The van der Waals surface area contributed by atoms with Crippen LogP contribution in [0.25, 0.3) is 21.5 Å². The SMILES string of the molecule is Cc1c(C(N)=O)cc2c(C(N)=O)c1c1cccc2c1. The predicted molar refractivity (Wildman–Crippen MR) is 74.4 cm³/mol. The summed E-state index contributed by atoms with van der Waals surface area (Å²) in [7, 11) is 0. The molecule has 0 aliphatic heterocycles. The van der Waals surface area contributed by atoms with E-state index in [0.29, 0.717) is 27.5 Å². The predicted octanol–water partition coefficient (Wildman–Crippen LogP) is 1.94. The smallest absolute Gasteiger partial charge is 0.249 e. The van der Waals surface area contributed by atoms with Crippen molar-refractivity contribution in [2.24, 2.45) is 11.5 Å². The van der Waals surface area contributed by atoms with Crippen molar-refractivity contribution < 1.29 is 9.59 Å². The first kappa shape index (κ1) is 11.5. The first-order valence-corrected chi connectivity index (χ1v) is 5.88. The summed E-state index contributed by atoms with van der Waals surface area (Å²) >= 11 is 0. The fourth-order valence-electron chi connectivity index (χ4n) is 2.72. The minimum Gasteiger partial charge on any atom is -0.366 e. The molecule has 0 aliphatic rings. The van der Waals surface area contributed by atoms with E-state index in [2.05, 4.69) is 0 Å². The van der Waals surface area contributed by atoms with Crippen LogP contribution in [-0.4, -0.2) is 11.8 Å². The molecule has 0 saturated carbocycles. The summed E-state index contributed by atoms with van der Waals surface area (Å²) in [6.45, 7) is 1.78. The van der Waals surface area contributed by atoms with Gasteiger partial charge in [0, 0.05) is 5.56 Å². The average Bonchev–Trinajstić information content (AvgIpc) is 2.36. The molecule has 0 saturated heterocycles. The van der Waals surface area contributed by atoms with E-state index in [1.165, 1.54) is 0 Å². The van der Waals surface area contributed by atoms with E-state index in [1.807, 2.05) is 24.3 Å². The van der Waals surface area contributed by atoms with Crippen molar-refractivity contribution in [1.82, 2.24) is 0 Å². The number of hydrogen-bond donors (Lipinski definition) is 2. The number of primary amides is 2. The number of carbonyl (C=O) groups is 2. The number of benzene rings is 3. The first-order valence-electron chi connectivity index (χ1n) is 5.88. The number of rotatable bonds is 2. The molecule has 0 aliphatic carbocycles. The fourth-order valence-corrected chi connectivity index (χ4v) is 2.72. The molecule has 3 aromatic carbocycles. The van der Waals surface area contributed by atoms with E-state index < -0.39 is 11.8 Å². The maximum Gasteiger partial charge on any atom is 0.249 e. The molecule has 0 heterocycles. The van der Waals surface area contributed by atoms with Crippen LogP contribution in [0.4, 0.5) is 0 Å². The van der Waals surface area contributed by atoms with Crippen LogP contribution in [0.5, 0.6) is 0 Å². The molecule has 0 aromatic heterocycles. The van der Waals surface area contributed by atoms with Gasteiger partial charge in [0.05, 0.1) is 5.56 Å². The van der Waals surface area contributed by atoms with Gasteiger partial charge in [-0.15, -0.1) is 0 Å². The minimum atomic E-state index is -0.499. The fraction of sp³-hybridized carbons (Fsp3) is 0.0667. The summed E-state index contributed by atoms with van der Waals surface area (Å²) < 4.78 is 0. The highest BCUT2D eigenvalue weighted by molar-refractivity contribution is 6.21. The molecule has 0 atom stereocenters. The van der Waals surface area contributed by atoms with Crippen LogP contribution in [0.2, 0.25) is 0 Å². The number of hydrogen-bond acceptors (Lipinski definition) is 2. The third kappa shape index (κ3) is 1.46. The molecule has 19 heavy (non-hydrogen) atoms. The summed E-state index contributed by atoms with van der Waals surface area (Å²) in [6.07, 6.45) is 0. The van der Waals surface area contributed by atoms with Crippen molar-refractivity contribution in [1.29, 1.82) is 0 Å². The lowest BCUT2D eigenvalue weighted by Crippen LogP contribution is -2.17. The van der Waals surface area contributed by atoms with Gasteiger partial charge in [0.1, 0.15) is 0 Å². The molecule has 3 aromatic rings. The normalized spacial score (nSPS) is 11.2. The summed E-state index contributed by atoms with van der Waals surface area (Å²) in [4.78, 5) is 23.2. The van der Waals surface area contributed by atoms with Gasteiger partial charge in [-0.25, -0.2) is 0 Å². The van der Waals surface area contributed by atoms with Gasteiger partial charge < -0.3 is 11.5 Å². The van der Waals surface area contributed by atoms with Crippen molar-refractivity contribution in [3.05, 3.63) is 47.0 Å². The molecule has 0 unspecified atom stereocenters. The topological polar surface area (TPSA) is 86.2 Å². The van der Waals surface area contributed by atoms with Crippen LogP contribution in [0.3, 0.4) is 0 Å². The highest BCUT2D eigenvalue weighted by atomic mass is 16.1. The van der Waals surface area contributed by atoms with E-state index in [1.54, 1.807) is 13.0 Å². The zero-order valence-electron chi connectivity index (χ0n) is 10.4. The van der Waals surface area contributed by atoms with E-state index in [9.17, 15) is 9.59 Å². The zero-order chi connectivity index (χ0) is 13.7. The molecule has 4 bridgehead atoms. The number of carbonyl (C=O) groups excluding carboxylic acids is 2. The molecule has 0 radical (unpaired) electrons. The van der Waals surface area contributed by atoms with Crippen molar-refractivity contribution in [2.75, 3.05) is 0 Å². The van der Waals surface area contributed by atoms with Gasteiger partial charge in [-0.3, -0.25) is 9.59 Å². The molecular formula is C15H12N2O2. The Labute approximate surface area is 109 Å². The van der Waals surface area contributed by atoms with Gasteiger partial charge in [-0.1, -0.05) is 18.2 Å². The molecule has 0 fully saturated rings. The molecule has 4 nitrogen and oxygen atoms in total. The summed E-state index contributed by atoms with van der Waals surface area (Å²) in [5.41, 5.74) is 12.5. The molecule has 3 rings (SSSR count). The Morgan fingerprint density at radius 3 is 2.32 bits per heavy atom. The van der Waals surface area contributed by atoms with Crippen LogP contribution in [0, 0.1) is 6.92 Å². The molecule has 2 amide bonds. The minimum absolute atomic E-state index is 0.432. The number of aryl methyl sites for hydroxylation is 1. The van der Waals surface area contributed by atoms with E-state index in [-0.39, 0.29) is 0 Å². The van der Waals surface area contributed by atoms with Gasteiger partial charge >= 0.3 is 0 Å². The zero-order valence-corrected chi connectivity index (χ0v) is 10.4. The van der Waals surface area contributed by atoms with Crippen LogP contribution in [-0.2, 0) is 0 Å². The van der Waals surface area contributed by atoms with Gasteiger partial charge in [0.15, 0.2) is 0 Å². The lowest BCUT2D eigenvalue weighted by molar-refractivity contribution is 0.0990. The second-order valence-electron chi connectivity index (χ2n) is 4.66. The molecule has 4 N–H and O–H groups in total. The lowest BCUT2D eigenvalue weighted by Gasteiger charge is -2.15. The molecule has 0 spiro atoms. The highest BCUT2D eigenvalue weighted by Gasteiger charge is 2.20. The maximum absolute atomic E-state index is 11.7. The van der Waals surface area contributed by atoms with E-state index in [0.717, 1.165) is 10.8 Å². The first-order chi connectivity index (χ1) is 9.00. The van der Waals surface area contributed by atoms with Gasteiger partial charge in [-0.2, -0.15) is 0 Å². The Morgan fingerprint density at radius 1 is 1.00 bits per heavy atom. The monoisotopic (exact) mass is 252 g/mol. The second kappa shape index (κ2) is 3.68. The summed E-state index contributed by atoms with van der Waals surface area (Å²) in [5, 5.41) is 3.16. The Bertz CT molecular complexity index is 837. The van der Waals surface area contributed by atoms with Gasteiger partial charge in [-0.05, 0) is 46.2 Å². The van der Waals surface area contributed by atoms with Crippen LogP contribution in [0.1, 0.15) is 26.3 Å². The van der Waals surface area contributed by atoms with Gasteiger partial charge in [0.2, 0.25) is 11.8 Å². The standard InChI is InChI=1S/C15H12N2O2/c1-7-10(14(16)18)6-11-8-3-2-4-9(5-8)12(7)13(11)15(17)19/h2-6H,1H3,(H2,16,18)(H2,17,19). The van der Waals surface area contributed by atoms with Crippen LogP contribution in [0.15, 0.2) is 30.3 Å². The number of nitrogens with two attached hydrogens (primary N) is 2. The summed E-state index contributed by atoms with van der Waals surface area (Å²) in [6, 6.07) is 9.33. The van der Waals surface area contributed by atoms with Crippen molar-refractivity contribution in [2.45, 2.75) is 6.92 Å². The maximum atomic E-state index is 11.7. The number of amides is 2. The summed E-state index contributed by atoms with van der Waals surface area (Å²) in [5.74, 6) is -0.989. The van der Waals surface area contributed by atoms with Crippen molar-refractivity contribution in [3.8, 4) is 0 Å². The largest absolute Gasteiger partial charge is 0.366 e. The lowest BCUT2D eigenvalue weighted by atomic mass is 9.88. The Morgan fingerprint density at radius 2 is 1.68 bits per heavy atom.